The van der Waals surface area contributed by atoms with E-state index < -0.39 is 0 Å². The molecule has 4 heterocycles. The van der Waals surface area contributed by atoms with Crippen molar-refractivity contribution < 1.29 is 9.13 Å². The zero-order valence-electron chi connectivity index (χ0n) is 15.5. The Morgan fingerprint density at radius 2 is 1.82 bits per heavy atom. The highest BCUT2D eigenvalue weighted by Gasteiger charge is 2.56. The Hall–Kier alpha value is -3.09. The highest BCUT2D eigenvalue weighted by molar-refractivity contribution is 5.59. The fourth-order valence-electron chi connectivity index (χ4n) is 4.01. The smallest absolute Gasteiger partial charge is 0.225 e. The van der Waals surface area contributed by atoms with E-state index in [0.29, 0.717) is 41.4 Å². The van der Waals surface area contributed by atoms with Gasteiger partial charge in [-0.05, 0) is 42.5 Å². The molecule has 3 aromatic heterocycles. The third-order valence-corrected chi connectivity index (χ3v) is 5.65. The first-order valence-corrected chi connectivity index (χ1v) is 9.41. The number of aryl methyl sites for hydroxylation is 1. The Bertz CT molecular complexity index is 967. The molecule has 2 unspecified atom stereocenters. The average molecular weight is 377 g/mol. The molecule has 0 N–H and O–H groups in total. The van der Waals surface area contributed by atoms with Gasteiger partial charge >= 0.3 is 0 Å². The second kappa shape index (κ2) is 6.82. The van der Waals surface area contributed by atoms with Crippen LogP contribution >= 0.6 is 0 Å². The molecule has 5 rings (SSSR count). The lowest BCUT2D eigenvalue weighted by atomic mass is 10.2. The molecule has 0 radical (unpaired) electrons. The summed E-state index contributed by atoms with van der Waals surface area (Å²) in [5.41, 5.74) is 2.09. The van der Waals surface area contributed by atoms with E-state index >= 15 is 0 Å². The van der Waals surface area contributed by atoms with E-state index in [1.807, 2.05) is 25.4 Å². The molecule has 1 aliphatic heterocycles. The second-order valence-electron chi connectivity index (χ2n) is 7.50. The normalized spacial score (nSPS) is 22.8. The predicted octanol–water partition coefficient (Wildman–Crippen LogP) is 3.14. The van der Waals surface area contributed by atoms with Crippen molar-refractivity contribution in [1.29, 1.82) is 0 Å². The minimum atomic E-state index is -0.378. The van der Waals surface area contributed by atoms with E-state index in [4.69, 9.17) is 4.74 Å². The van der Waals surface area contributed by atoms with Crippen LogP contribution in [0.2, 0.25) is 0 Å². The molecule has 0 amide bonds. The van der Waals surface area contributed by atoms with Gasteiger partial charge in [0.1, 0.15) is 5.75 Å². The maximum Gasteiger partial charge on any atom is 0.225 e. The van der Waals surface area contributed by atoms with Crippen molar-refractivity contribution in [1.82, 2.24) is 19.9 Å². The van der Waals surface area contributed by atoms with Crippen LogP contribution in [0.15, 0.2) is 49.2 Å². The molecule has 1 saturated carbocycles. The van der Waals surface area contributed by atoms with Crippen molar-refractivity contribution in [3.8, 4) is 17.0 Å². The van der Waals surface area contributed by atoms with Crippen molar-refractivity contribution >= 4 is 5.95 Å². The standard InChI is InChI=1S/C21H20FN5O/c1-13-6-25-21(26-7-13)27-10-16-17(11-27)18(16)12-28-14-2-3-20(24-8-14)15-4-5-23-9-19(15)22/h2-9,16-18H,10-12H2,1H3/t16-,17?,18?/m1/s1. The molecule has 2 fully saturated rings. The minimum absolute atomic E-state index is 0.378. The summed E-state index contributed by atoms with van der Waals surface area (Å²) in [6.07, 6.45) is 8.13. The summed E-state index contributed by atoms with van der Waals surface area (Å²) in [6, 6.07) is 5.23. The van der Waals surface area contributed by atoms with Crippen LogP contribution in [0.5, 0.6) is 5.75 Å². The summed E-state index contributed by atoms with van der Waals surface area (Å²) < 4.78 is 19.7. The first-order valence-electron chi connectivity index (χ1n) is 9.41. The summed E-state index contributed by atoms with van der Waals surface area (Å²) in [5.74, 6) is 3.00. The highest BCUT2D eigenvalue weighted by Crippen LogP contribution is 2.52. The molecule has 6 nitrogen and oxygen atoms in total. The summed E-state index contributed by atoms with van der Waals surface area (Å²) in [6.45, 7) is 4.65. The van der Waals surface area contributed by atoms with Crippen LogP contribution in [-0.4, -0.2) is 39.6 Å². The average Bonchev–Trinajstić information content (AvgIpc) is 3.16. The molecule has 0 aromatic carbocycles. The second-order valence-corrected chi connectivity index (χ2v) is 7.50. The third kappa shape index (κ3) is 3.17. The summed E-state index contributed by atoms with van der Waals surface area (Å²) in [5, 5.41) is 0. The third-order valence-electron chi connectivity index (χ3n) is 5.65. The highest BCUT2D eigenvalue weighted by atomic mass is 19.1. The van der Waals surface area contributed by atoms with Gasteiger partial charge in [0.25, 0.3) is 0 Å². The van der Waals surface area contributed by atoms with Gasteiger partial charge in [0.05, 0.1) is 24.7 Å². The fraction of sp³-hybridized carbons (Fsp3) is 0.333. The van der Waals surface area contributed by atoms with Crippen LogP contribution in [0.1, 0.15) is 5.56 Å². The number of ether oxygens (including phenoxy) is 1. The van der Waals surface area contributed by atoms with Crippen LogP contribution in [0.3, 0.4) is 0 Å². The molecule has 3 aromatic rings. The quantitative estimate of drug-likeness (QED) is 0.681. The van der Waals surface area contributed by atoms with Crippen LogP contribution in [0, 0.1) is 30.5 Å². The van der Waals surface area contributed by atoms with Gasteiger partial charge in [0.2, 0.25) is 5.95 Å². The van der Waals surface area contributed by atoms with Crippen molar-refractivity contribution in [3.63, 3.8) is 0 Å². The van der Waals surface area contributed by atoms with Crippen LogP contribution in [-0.2, 0) is 0 Å². The molecule has 1 saturated heterocycles. The van der Waals surface area contributed by atoms with Gasteiger partial charge in [-0.1, -0.05) is 0 Å². The summed E-state index contributed by atoms with van der Waals surface area (Å²) >= 11 is 0. The topological polar surface area (TPSA) is 64.0 Å². The SMILES string of the molecule is Cc1cnc(N2CC3C(COc4ccc(-c5ccncc5F)nc4)[C@@H]3C2)nc1. The molecular formula is C21H20FN5O. The van der Waals surface area contributed by atoms with Gasteiger partial charge < -0.3 is 9.64 Å². The lowest BCUT2D eigenvalue weighted by Gasteiger charge is -2.19. The van der Waals surface area contributed by atoms with E-state index in [2.05, 4.69) is 24.8 Å². The Kier molecular flexibility index (Phi) is 4.15. The Morgan fingerprint density at radius 1 is 1.04 bits per heavy atom. The molecular weight excluding hydrogens is 357 g/mol. The molecule has 0 spiro atoms. The lowest BCUT2D eigenvalue weighted by Crippen LogP contribution is -2.27. The fourth-order valence-corrected chi connectivity index (χ4v) is 4.01. The van der Waals surface area contributed by atoms with Gasteiger partial charge in [-0.2, -0.15) is 0 Å². The molecule has 28 heavy (non-hydrogen) atoms. The zero-order chi connectivity index (χ0) is 19.1. The van der Waals surface area contributed by atoms with E-state index in [1.165, 1.54) is 6.20 Å². The molecule has 1 aliphatic carbocycles. The lowest BCUT2D eigenvalue weighted by molar-refractivity contribution is 0.282. The first-order chi connectivity index (χ1) is 13.7. The largest absolute Gasteiger partial charge is 0.492 e. The van der Waals surface area contributed by atoms with Crippen LogP contribution < -0.4 is 9.64 Å². The molecule has 142 valence electrons. The van der Waals surface area contributed by atoms with Gasteiger partial charge in [-0.25, -0.2) is 14.4 Å². The zero-order valence-corrected chi connectivity index (χ0v) is 15.5. The minimum Gasteiger partial charge on any atom is -0.492 e. The number of piperidine rings is 1. The number of hydrogen-bond donors (Lipinski definition) is 0. The van der Waals surface area contributed by atoms with Crippen molar-refractivity contribution in [2.24, 2.45) is 17.8 Å². The van der Waals surface area contributed by atoms with Crippen LogP contribution in [0.25, 0.3) is 11.3 Å². The Morgan fingerprint density at radius 3 is 2.50 bits per heavy atom. The van der Waals surface area contributed by atoms with Gasteiger partial charge in [0.15, 0.2) is 5.82 Å². The van der Waals surface area contributed by atoms with Gasteiger partial charge in [0, 0.05) is 43.2 Å². The molecule has 0 bridgehead atoms. The van der Waals surface area contributed by atoms with Crippen molar-refractivity contribution in [2.75, 3.05) is 24.6 Å². The predicted molar refractivity (Wildman–Crippen MR) is 102 cm³/mol. The maximum absolute atomic E-state index is 13.8. The van der Waals surface area contributed by atoms with Crippen molar-refractivity contribution in [2.45, 2.75) is 6.92 Å². The number of halogens is 1. The van der Waals surface area contributed by atoms with Crippen molar-refractivity contribution in [3.05, 3.63) is 60.6 Å². The monoisotopic (exact) mass is 377 g/mol. The maximum atomic E-state index is 13.8. The number of nitrogens with zero attached hydrogens (tertiary/aromatic N) is 5. The Balaban J connectivity index is 1.15. The van der Waals surface area contributed by atoms with E-state index in [1.54, 1.807) is 24.5 Å². The number of fused-ring (bicyclic) bond motifs is 1. The van der Waals surface area contributed by atoms with Gasteiger partial charge in [-0.15, -0.1) is 0 Å². The molecule has 3 atom stereocenters. The molecule has 7 heteroatoms. The summed E-state index contributed by atoms with van der Waals surface area (Å²) in [4.78, 5) is 19.2. The number of aromatic nitrogens is 4. The summed E-state index contributed by atoms with van der Waals surface area (Å²) in [7, 11) is 0. The number of anilines is 1. The van der Waals surface area contributed by atoms with E-state index in [0.717, 1.165) is 24.6 Å². The van der Waals surface area contributed by atoms with Crippen LogP contribution in [0.4, 0.5) is 10.3 Å². The number of hydrogen-bond acceptors (Lipinski definition) is 6. The molecule has 2 aliphatic rings. The number of pyridine rings is 2. The number of rotatable bonds is 5. The first kappa shape index (κ1) is 17.0. The van der Waals surface area contributed by atoms with E-state index in [9.17, 15) is 4.39 Å². The van der Waals surface area contributed by atoms with E-state index in [-0.39, 0.29) is 5.82 Å². The Labute approximate surface area is 162 Å². The van der Waals surface area contributed by atoms with Gasteiger partial charge in [-0.3, -0.25) is 9.97 Å².